The molecule has 1 unspecified atom stereocenters. The third kappa shape index (κ3) is 2.67. The van der Waals surface area contributed by atoms with Crippen molar-refractivity contribution in [2.45, 2.75) is 18.7 Å². The molecule has 0 aliphatic rings. The first-order chi connectivity index (χ1) is 6.65. The summed E-state index contributed by atoms with van der Waals surface area (Å²) in [7, 11) is -1.12. The van der Waals surface area contributed by atoms with Gasteiger partial charge in [0.15, 0.2) is 0 Å². The van der Waals surface area contributed by atoms with Crippen molar-refractivity contribution in [3.05, 3.63) is 53.5 Å². The molecule has 14 heavy (non-hydrogen) atoms. The van der Waals surface area contributed by atoms with Crippen LogP contribution in [0.15, 0.2) is 52.8 Å². The van der Waals surface area contributed by atoms with Gasteiger partial charge in [-0.3, -0.25) is 0 Å². The van der Waals surface area contributed by atoms with Crippen LogP contribution >= 0.6 is 0 Å². The maximum atomic E-state index is 11.8. The molecule has 0 heterocycles. The number of rotatable bonds is 3. The molecule has 0 N–H and O–H groups in total. The fourth-order valence-electron chi connectivity index (χ4n) is 1.06. The first kappa shape index (κ1) is 10.9. The van der Waals surface area contributed by atoms with Crippen LogP contribution in [0, 0.1) is 6.92 Å². The second kappa shape index (κ2) is 4.91. The molecule has 0 saturated heterocycles. The summed E-state index contributed by atoms with van der Waals surface area (Å²) in [6.07, 6.45) is 3.62. The van der Waals surface area contributed by atoms with E-state index in [0.717, 1.165) is 4.90 Å². The summed E-state index contributed by atoms with van der Waals surface area (Å²) in [4.78, 5) is 1.44. The molecule has 0 aliphatic carbocycles. The second-order valence-corrected chi connectivity index (χ2v) is 4.58. The molecular weight excluding hydrogens is 192 g/mol. The lowest BCUT2D eigenvalue weighted by Crippen LogP contribution is -1.92. The number of hydrogen-bond acceptors (Lipinski definition) is 1. The molecular formula is C12H14OS. The van der Waals surface area contributed by atoms with Crippen LogP contribution in [0.25, 0.3) is 0 Å². The van der Waals surface area contributed by atoms with E-state index in [-0.39, 0.29) is 0 Å². The van der Waals surface area contributed by atoms with Crippen molar-refractivity contribution in [1.29, 1.82) is 0 Å². The maximum Gasteiger partial charge on any atom is 0.0843 e. The average molecular weight is 206 g/mol. The highest BCUT2D eigenvalue weighted by Crippen LogP contribution is 2.14. The molecule has 0 aliphatic heterocycles. The zero-order chi connectivity index (χ0) is 10.6. The monoisotopic (exact) mass is 206 g/mol. The highest BCUT2D eigenvalue weighted by molar-refractivity contribution is 7.89. The van der Waals surface area contributed by atoms with Crippen LogP contribution in [0.1, 0.15) is 12.5 Å². The standard InChI is InChI=1S/C12H14OS/c1-4-5-11(3)14(13)12-8-6-10(2)7-9-12/h4-9H,3H2,1-2H3/b5-4+. The number of hydrogen-bond donors (Lipinski definition) is 0. The van der Waals surface area contributed by atoms with E-state index in [4.69, 9.17) is 0 Å². The summed E-state index contributed by atoms with van der Waals surface area (Å²) in [6.45, 7) is 7.65. The third-order valence-electron chi connectivity index (χ3n) is 1.83. The number of aryl methyl sites for hydroxylation is 1. The lowest BCUT2D eigenvalue weighted by atomic mass is 10.2. The van der Waals surface area contributed by atoms with Gasteiger partial charge >= 0.3 is 0 Å². The molecule has 1 nitrogen and oxygen atoms in total. The second-order valence-electron chi connectivity index (χ2n) is 3.05. The van der Waals surface area contributed by atoms with Crippen LogP contribution in [0.5, 0.6) is 0 Å². The molecule has 0 amide bonds. The smallest absolute Gasteiger partial charge is 0.0843 e. The van der Waals surface area contributed by atoms with Crippen LogP contribution in [0.4, 0.5) is 0 Å². The van der Waals surface area contributed by atoms with E-state index >= 15 is 0 Å². The number of allylic oxidation sites excluding steroid dienone is 2. The first-order valence-corrected chi connectivity index (χ1v) is 5.60. The van der Waals surface area contributed by atoms with Crippen LogP contribution in [0.3, 0.4) is 0 Å². The Balaban J connectivity index is 2.90. The van der Waals surface area contributed by atoms with E-state index in [1.807, 2.05) is 44.2 Å². The van der Waals surface area contributed by atoms with E-state index in [9.17, 15) is 4.21 Å². The van der Waals surface area contributed by atoms with Crippen molar-refractivity contribution in [3.8, 4) is 0 Å². The SMILES string of the molecule is C=C(/C=C/C)S(=O)c1ccc(C)cc1. The van der Waals surface area contributed by atoms with Crippen LogP contribution < -0.4 is 0 Å². The fraction of sp³-hybridized carbons (Fsp3) is 0.167. The summed E-state index contributed by atoms with van der Waals surface area (Å²) >= 11 is 0. The Hall–Kier alpha value is -1.15. The lowest BCUT2D eigenvalue weighted by molar-refractivity contribution is 0.687. The summed E-state index contributed by atoms with van der Waals surface area (Å²) in [5, 5.41) is 0. The molecule has 0 saturated carbocycles. The van der Waals surface area contributed by atoms with Gasteiger partial charge in [-0.25, -0.2) is 4.21 Å². The van der Waals surface area contributed by atoms with Gasteiger partial charge in [0.2, 0.25) is 0 Å². The van der Waals surface area contributed by atoms with E-state index in [0.29, 0.717) is 4.91 Å². The van der Waals surface area contributed by atoms with Crippen LogP contribution in [-0.2, 0) is 10.8 Å². The van der Waals surface area contributed by atoms with Gasteiger partial charge in [-0.05, 0) is 26.0 Å². The molecule has 1 aromatic rings. The zero-order valence-electron chi connectivity index (χ0n) is 8.49. The molecule has 1 rings (SSSR count). The van der Waals surface area contributed by atoms with Gasteiger partial charge in [-0.1, -0.05) is 36.4 Å². The molecule has 0 bridgehead atoms. The van der Waals surface area contributed by atoms with Gasteiger partial charge in [-0.15, -0.1) is 0 Å². The van der Waals surface area contributed by atoms with Crippen LogP contribution in [0.2, 0.25) is 0 Å². The molecule has 1 atom stereocenters. The molecule has 74 valence electrons. The summed E-state index contributed by atoms with van der Waals surface area (Å²) < 4.78 is 11.8. The predicted octanol–water partition coefficient (Wildman–Crippen LogP) is 3.19. The van der Waals surface area contributed by atoms with Gasteiger partial charge in [0, 0.05) is 9.80 Å². The highest BCUT2D eigenvalue weighted by Gasteiger charge is 2.04. The quantitative estimate of drug-likeness (QED) is 0.694. The van der Waals surface area contributed by atoms with E-state index in [1.165, 1.54) is 5.56 Å². The average Bonchev–Trinajstić information content (AvgIpc) is 2.18. The van der Waals surface area contributed by atoms with Crippen molar-refractivity contribution in [2.75, 3.05) is 0 Å². The van der Waals surface area contributed by atoms with Gasteiger partial charge in [0.05, 0.1) is 10.8 Å². The summed E-state index contributed by atoms with van der Waals surface area (Å²) in [5.74, 6) is 0. The minimum atomic E-state index is -1.12. The Morgan fingerprint density at radius 3 is 2.43 bits per heavy atom. The van der Waals surface area contributed by atoms with Crippen molar-refractivity contribution in [3.63, 3.8) is 0 Å². The lowest BCUT2D eigenvalue weighted by Gasteiger charge is -2.01. The fourth-order valence-corrected chi connectivity index (χ4v) is 2.01. The topological polar surface area (TPSA) is 17.1 Å². The Bertz CT molecular complexity index is 374. The van der Waals surface area contributed by atoms with Crippen molar-refractivity contribution in [2.24, 2.45) is 0 Å². The Labute approximate surface area is 87.6 Å². The normalized spacial score (nSPS) is 13.0. The molecule has 2 heteroatoms. The van der Waals surface area contributed by atoms with Crippen molar-refractivity contribution < 1.29 is 4.21 Å². The van der Waals surface area contributed by atoms with E-state index < -0.39 is 10.8 Å². The van der Waals surface area contributed by atoms with Gasteiger partial charge < -0.3 is 0 Å². The summed E-state index contributed by atoms with van der Waals surface area (Å²) in [5.41, 5.74) is 1.17. The van der Waals surface area contributed by atoms with Gasteiger partial charge in [0.1, 0.15) is 0 Å². The van der Waals surface area contributed by atoms with Gasteiger partial charge in [-0.2, -0.15) is 0 Å². The van der Waals surface area contributed by atoms with Gasteiger partial charge in [0.25, 0.3) is 0 Å². The van der Waals surface area contributed by atoms with E-state index in [1.54, 1.807) is 6.08 Å². The van der Waals surface area contributed by atoms with Crippen LogP contribution in [-0.4, -0.2) is 4.21 Å². The minimum absolute atomic E-state index is 0.636. The molecule has 0 spiro atoms. The largest absolute Gasteiger partial charge is 0.249 e. The molecule has 1 aromatic carbocycles. The predicted molar refractivity (Wildman–Crippen MR) is 61.5 cm³/mol. The van der Waals surface area contributed by atoms with Crippen molar-refractivity contribution in [1.82, 2.24) is 0 Å². The molecule has 0 aromatic heterocycles. The Morgan fingerprint density at radius 2 is 1.93 bits per heavy atom. The maximum absolute atomic E-state index is 11.8. The summed E-state index contributed by atoms with van der Waals surface area (Å²) in [6, 6.07) is 7.66. The Kier molecular flexibility index (Phi) is 3.84. The first-order valence-electron chi connectivity index (χ1n) is 4.45. The number of benzene rings is 1. The zero-order valence-corrected chi connectivity index (χ0v) is 9.30. The highest BCUT2D eigenvalue weighted by atomic mass is 32.2. The molecule has 0 radical (unpaired) electrons. The molecule has 0 fully saturated rings. The van der Waals surface area contributed by atoms with Crippen molar-refractivity contribution >= 4 is 10.8 Å². The Morgan fingerprint density at radius 1 is 1.36 bits per heavy atom. The van der Waals surface area contributed by atoms with E-state index in [2.05, 4.69) is 6.58 Å². The third-order valence-corrected chi connectivity index (χ3v) is 3.14. The minimum Gasteiger partial charge on any atom is -0.249 e.